The van der Waals surface area contributed by atoms with Crippen LogP contribution < -0.4 is 11.3 Å². The van der Waals surface area contributed by atoms with Gasteiger partial charge in [0, 0.05) is 41.4 Å². The third-order valence-corrected chi connectivity index (χ3v) is 7.76. The van der Waals surface area contributed by atoms with Crippen molar-refractivity contribution in [2.24, 2.45) is 0 Å². The molecule has 3 aromatic heterocycles. The smallest absolute Gasteiger partial charge is 0.296 e. The molecule has 0 atom stereocenters. The van der Waals surface area contributed by atoms with Crippen molar-refractivity contribution in [3.8, 4) is 22.5 Å². The molecule has 10 nitrogen and oxygen atoms in total. The summed E-state index contributed by atoms with van der Waals surface area (Å²) in [5.41, 5.74) is 5.74. The first-order valence-corrected chi connectivity index (χ1v) is 14.9. The van der Waals surface area contributed by atoms with E-state index in [-0.39, 0.29) is 24.3 Å². The van der Waals surface area contributed by atoms with Gasteiger partial charge in [0.2, 0.25) is 0 Å². The van der Waals surface area contributed by atoms with E-state index in [1.54, 1.807) is 33.6 Å². The molecule has 3 heterocycles. The van der Waals surface area contributed by atoms with Crippen molar-refractivity contribution in [2.75, 3.05) is 0 Å². The van der Waals surface area contributed by atoms with Gasteiger partial charge in [-0.2, -0.15) is 0 Å². The van der Waals surface area contributed by atoms with Gasteiger partial charge in [-0.25, -0.2) is 18.9 Å². The van der Waals surface area contributed by atoms with E-state index < -0.39 is 5.76 Å². The van der Waals surface area contributed by atoms with E-state index in [0.717, 1.165) is 40.9 Å². The van der Waals surface area contributed by atoms with Crippen LogP contribution in [0.4, 0.5) is 4.39 Å². The van der Waals surface area contributed by atoms with Gasteiger partial charge < -0.3 is 0 Å². The molecule has 0 saturated heterocycles. The van der Waals surface area contributed by atoms with E-state index in [4.69, 9.17) is 9.51 Å². The molecule has 0 amide bonds. The fourth-order valence-corrected chi connectivity index (χ4v) is 5.39. The number of aryl methyl sites for hydroxylation is 2. The highest BCUT2D eigenvalue weighted by molar-refractivity contribution is 5.80. The normalized spacial score (nSPS) is 11.3. The number of aromatic nitrogens is 7. The number of H-pyrrole nitrogens is 1. The largest absolute Gasteiger partial charge is 0.439 e. The second-order valence-electron chi connectivity index (χ2n) is 10.9. The Kier molecular flexibility index (Phi) is 8.58. The van der Waals surface area contributed by atoms with E-state index in [0.29, 0.717) is 41.3 Å². The average Bonchev–Trinajstić information content (AvgIpc) is 3.69. The molecule has 0 fully saturated rings. The van der Waals surface area contributed by atoms with Gasteiger partial charge in [-0.05, 0) is 36.1 Å². The Morgan fingerprint density at radius 1 is 0.933 bits per heavy atom. The lowest BCUT2D eigenvalue weighted by molar-refractivity contribution is 0.388. The topological polar surface area (TPSA) is 124 Å². The Balaban J connectivity index is 1.27. The standard InChI is InChI=1S/C34H32FN7O3/c1-3-4-13-31-36-22(2)29(18-26-21-41(40-38-26)20-25-9-5-8-12-30(25)35)33(43)42(31)19-23-14-16-24(17-15-23)27-10-6-7-11-28(27)32-37-34(44)45-39-32/h5-12,14-17,21H,3-4,13,18-20H2,1-2H3,(H,37,39,44). The highest BCUT2D eigenvalue weighted by atomic mass is 19.1. The summed E-state index contributed by atoms with van der Waals surface area (Å²) in [5, 5.41) is 12.3. The molecule has 3 aromatic carbocycles. The number of hydrogen-bond donors (Lipinski definition) is 1. The molecule has 0 bridgehead atoms. The molecule has 6 aromatic rings. The van der Waals surface area contributed by atoms with Crippen LogP contribution in [0, 0.1) is 12.7 Å². The van der Waals surface area contributed by atoms with E-state index in [9.17, 15) is 14.0 Å². The summed E-state index contributed by atoms with van der Waals surface area (Å²) in [6, 6.07) is 22.1. The number of hydrogen-bond acceptors (Lipinski definition) is 7. The highest BCUT2D eigenvalue weighted by Crippen LogP contribution is 2.30. The summed E-state index contributed by atoms with van der Waals surface area (Å²) in [4.78, 5) is 33.0. The lowest BCUT2D eigenvalue weighted by Gasteiger charge is -2.16. The number of halogens is 1. The summed E-state index contributed by atoms with van der Waals surface area (Å²) in [6.07, 6.45) is 4.59. The molecule has 0 aliphatic rings. The molecule has 6 rings (SSSR count). The lowest BCUT2D eigenvalue weighted by Crippen LogP contribution is -2.30. The van der Waals surface area contributed by atoms with Crippen LogP contribution >= 0.6 is 0 Å². The van der Waals surface area contributed by atoms with Gasteiger partial charge >= 0.3 is 5.76 Å². The Morgan fingerprint density at radius 3 is 2.42 bits per heavy atom. The molecule has 0 unspecified atom stereocenters. The summed E-state index contributed by atoms with van der Waals surface area (Å²) >= 11 is 0. The minimum Gasteiger partial charge on any atom is -0.296 e. The summed E-state index contributed by atoms with van der Waals surface area (Å²) < 4.78 is 22.2. The van der Waals surface area contributed by atoms with Crippen molar-refractivity contribution < 1.29 is 8.91 Å². The van der Waals surface area contributed by atoms with Gasteiger partial charge in [0.15, 0.2) is 5.82 Å². The van der Waals surface area contributed by atoms with Crippen LogP contribution in [0.1, 0.15) is 53.7 Å². The Bertz CT molecular complexity index is 2060. The Labute approximate surface area is 258 Å². The van der Waals surface area contributed by atoms with Crippen LogP contribution in [0.25, 0.3) is 22.5 Å². The first kappa shape index (κ1) is 29.6. The molecule has 0 aliphatic carbocycles. The van der Waals surface area contributed by atoms with Gasteiger partial charge in [-0.15, -0.1) is 5.10 Å². The predicted octanol–water partition coefficient (Wildman–Crippen LogP) is 5.32. The number of benzene rings is 3. The van der Waals surface area contributed by atoms with E-state index in [1.807, 2.05) is 55.5 Å². The fourth-order valence-electron chi connectivity index (χ4n) is 5.39. The minimum absolute atomic E-state index is 0.110. The molecule has 0 spiro atoms. The van der Waals surface area contributed by atoms with E-state index in [2.05, 4.69) is 27.4 Å². The monoisotopic (exact) mass is 605 g/mol. The van der Waals surface area contributed by atoms with Crippen molar-refractivity contribution in [2.45, 2.75) is 52.6 Å². The van der Waals surface area contributed by atoms with E-state index in [1.165, 1.54) is 6.07 Å². The molecule has 228 valence electrons. The molecule has 11 heteroatoms. The molecular weight excluding hydrogens is 573 g/mol. The molecule has 0 aliphatic heterocycles. The van der Waals surface area contributed by atoms with Crippen LogP contribution in [0.3, 0.4) is 0 Å². The van der Waals surface area contributed by atoms with Gasteiger partial charge in [0.1, 0.15) is 11.6 Å². The predicted molar refractivity (Wildman–Crippen MR) is 167 cm³/mol. The zero-order chi connectivity index (χ0) is 31.3. The van der Waals surface area contributed by atoms with Gasteiger partial charge in [-0.1, -0.05) is 90.4 Å². The number of aromatic amines is 1. The van der Waals surface area contributed by atoms with Crippen LogP contribution in [0.5, 0.6) is 0 Å². The highest BCUT2D eigenvalue weighted by Gasteiger charge is 2.17. The third kappa shape index (κ3) is 6.57. The average molecular weight is 606 g/mol. The number of nitrogens with one attached hydrogen (secondary N) is 1. The Hall–Kier alpha value is -5.45. The zero-order valence-electron chi connectivity index (χ0n) is 25.0. The summed E-state index contributed by atoms with van der Waals surface area (Å²) in [7, 11) is 0. The van der Waals surface area contributed by atoms with Gasteiger partial charge in [0.05, 0.1) is 18.8 Å². The molecular formula is C34H32FN7O3. The number of rotatable bonds is 11. The van der Waals surface area contributed by atoms with Crippen LogP contribution in [0.15, 0.2) is 93.1 Å². The van der Waals surface area contributed by atoms with E-state index >= 15 is 0 Å². The molecule has 45 heavy (non-hydrogen) atoms. The quantitative estimate of drug-likeness (QED) is 0.212. The molecule has 0 saturated carbocycles. The van der Waals surface area contributed by atoms with Crippen molar-refractivity contribution >= 4 is 0 Å². The van der Waals surface area contributed by atoms with Crippen LogP contribution in [-0.4, -0.2) is 34.7 Å². The maximum atomic E-state index is 14.2. The maximum Gasteiger partial charge on any atom is 0.439 e. The second-order valence-corrected chi connectivity index (χ2v) is 10.9. The number of unbranched alkanes of at least 4 members (excludes halogenated alkanes) is 1. The second kappa shape index (κ2) is 13.0. The van der Waals surface area contributed by atoms with Crippen LogP contribution in [0.2, 0.25) is 0 Å². The first-order chi connectivity index (χ1) is 21.9. The summed E-state index contributed by atoms with van der Waals surface area (Å²) in [5.74, 6) is 0.189. The minimum atomic E-state index is -0.613. The van der Waals surface area contributed by atoms with Crippen molar-refractivity contribution in [1.82, 2.24) is 34.7 Å². The first-order valence-electron chi connectivity index (χ1n) is 14.9. The third-order valence-electron chi connectivity index (χ3n) is 7.76. The molecule has 1 N–H and O–H groups in total. The molecule has 0 radical (unpaired) electrons. The maximum absolute atomic E-state index is 14.2. The summed E-state index contributed by atoms with van der Waals surface area (Å²) in [6.45, 7) is 4.57. The SMILES string of the molecule is CCCCc1nc(C)c(Cc2cn(Cc3ccccc3F)nn2)c(=O)n1Cc1ccc(-c2ccccc2-c2noc(=O)[nH]2)cc1. The van der Waals surface area contributed by atoms with Crippen molar-refractivity contribution in [3.05, 3.63) is 140 Å². The number of nitrogens with zero attached hydrogens (tertiary/aromatic N) is 6. The fraction of sp³-hybridized carbons (Fsp3) is 0.235. The lowest BCUT2D eigenvalue weighted by atomic mass is 9.98. The van der Waals surface area contributed by atoms with Crippen molar-refractivity contribution in [3.63, 3.8) is 0 Å². The Morgan fingerprint density at radius 2 is 1.69 bits per heavy atom. The van der Waals surface area contributed by atoms with Crippen molar-refractivity contribution in [1.29, 1.82) is 0 Å². The van der Waals surface area contributed by atoms with Gasteiger partial charge in [-0.3, -0.25) is 18.9 Å². The van der Waals surface area contributed by atoms with Crippen LogP contribution in [-0.2, 0) is 25.9 Å². The zero-order valence-corrected chi connectivity index (χ0v) is 25.0. The van der Waals surface area contributed by atoms with Gasteiger partial charge in [0.25, 0.3) is 5.56 Å².